The van der Waals surface area contributed by atoms with Crippen LogP contribution in [0.25, 0.3) is 11.3 Å². The van der Waals surface area contributed by atoms with Gasteiger partial charge in [-0.05, 0) is 19.1 Å². The Bertz CT molecular complexity index is 546. The van der Waals surface area contributed by atoms with Gasteiger partial charge in [0.1, 0.15) is 10.7 Å². The number of nitrogen functional groups attached to an aromatic ring is 1. The molecular weight excluding hydrogens is 249 g/mol. The maximum atomic E-state index is 12.5. The van der Waals surface area contributed by atoms with Gasteiger partial charge in [0.15, 0.2) is 0 Å². The van der Waals surface area contributed by atoms with Crippen LogP contribution in [0.3, 0.4) is 0 Å². The van der Waals surface area contributed by atoms with E-state index < -0.39 is 11.7 Å². The third-order valence-corrected chi connectivity index (χ3v) is 3.02. The van der Waals surface area contributed by atoms with Gasteiger partial charge in [-0.25, -0.2) is 4.98 Å². The van der Waals surface area contributed by atoms with Crippen LogP contribution in [0, 0.1) is 6.92 Å². The lowest BCUT2D eigenvalue weighted by Gasteiger charge is -2.07. The average molecular weight is 258 g/mol. The Morgan fingerprint density at radius 1 is 1.29 bits per heavy atom. The summed E-state index contributed by atoms with van der Waals surface area (Å²) in [6, 6.07) is 5.01. The smallest absolute Gasteiger partial charge is 0.389 e. The number of thiazole rings is 1. The summed E-state index contributed by atoms with van der Waals surface area (Å²) in [5.41, 5.74) is 5.82. The molecule has 1 aromatic carbocycles. The number of nitrogens with two attached hydrogens (primary N) is 1. The Hall–Kier alpha value is -1.56. The highest BCUT2D eigenvalue weighted by Crippen LogP contribution is 2.35. The highest BCUT2D eigenvalue weighted by atomic mass is 32.1. The lowest BCUT2D eigenvalue weighted by Crippen LogP contribution is -2.04. The third kappa shape index (κ3) is 2.41. The molecule has 0 atom stereocenters. The molecule has 0 bridgehead atoms. The Labute approximate surface area is 99.9 Å². The van der Waals surface area contributed by atoms with E-state index >= 15 is 0 Å². The maximum Gasteiger partial charge on any atom is 0.416 e. The average Bonchev–Trinajstić information content (AvgIpc) is 2.57. The van der Waals surface area contributed by atoms with Crippen LogP contribution in [0.4, 0.5) is 18.2 Å². The van der Waals surface area contributed by atoms with Gasteiger partial charge in [-0.1, -0.05) is 12.1 Å². The zero-order chi connectivity index (χ0) is 12.6. The topological polar surface area (TPSA) is 38.9 Å². The second kappa shape index (κ2) is 4.03. The maximum absolute atomic E-state index is 12.5. The van der Waals surface area contributed by atoms with Crippen LogP contribution in [-0.4, -0.2) is 4.98 Å². The van der Waals surface area contributed by atoms with Gasteiger partial charge in [0.2, 0.25) is 0 Å². The number of hydrogen-bond donors (Lipinski definition) is 1. The molecular formula is C11H9F3N2S. The van der Waals surface area contributed by atoms with Gasteiger partial charge in [0.05, 0.1) is 10.6 Å². The van der Waals surface area contributed by atoms with Crippen molar-refractivity contribution in [3.8, 4) is 11.3 Å². The van der Waals surface area contributed by atoms with Crippen LogP contribution in [0.2, 0.25) is 0 Å². The summed E-state index contributed by atoms with van der Waals surface area (Å²) in [4.78, 5) is 4.13. The van der Waals surface area contributed by atoms with Crippen molar-refractivity contribution in [3.63, 3.8) is 0 Å². The van der Waals surface area contributed by atoms with E-state index in [-0.39, 0.29) is 0 Å². The Balaban J connectivity index is 2.50. The Morgan fingerprint density at radius 2 is 2.00 bits per heavy atom. The zero-order valence-electron chi connectivity index (χ0n) is 8.88. The van der Waals surface area contributed by atoms with E-state index in [9.17, 15) is 13.2 Å². The first-order valence-corrected chi connectivity index (χ1v) is 5.60. The summed E-state index contributed by atoms with van der Waals surface area (Å²) in [5, 5.41) is 1.16. The van der Waals surface area contributed by atoms with Crippen molar-refractivity contribution < 1.29 is 13.2 Å². The number of halogens is 3. The van der Waals surface area contributed by atoms with Crippen molar-refractivity contribution in [2.24, 2.45) is 0 Å². The van der Waals surface area contributed by atoms with Crippen molar-refractivity contribution >= 4 is 16.3 Å². The number of aryl methyl sites for hydroxylation is 1. The predicted molar refractivity (Wildman–Crippen MR) is 61.7 cm³/mol. The first-order valence-electron chi connectivity index (χ1n) is 4.78. The van der Waals surface area contributed by atoms with Crippen LogP contribution < -0.4 is 5.73 Å². The van der Waals surface area contributed by atoms with E-state index in [0.717, 1.165) is 17.1 Å². The van der Waals surface area contributed by atoms with E-state index in [1.165, 1.54) is 17.4 Å². The predicted octanol–water partition coefficient (Wildman–Crippen LogP) is 3.72. The van der Waals surface area contributed by atoms with Gasteiger partial charge in [-0.3, -0.25) is 0 Å². The summed E-state index contributed by atoms with van der Waals surface area (Å²) < 4.78 is 37.6. The fraction of sp³-hybridized carbons (Fsp3) is 0.182. The second-order valence-corrected chi connectivity index (χ2v) is 4.76. The molecule has 6 heteroatoms. The van der Waals surface area contributed by atoms with Gasteiger partial charge in [0, 0.05) is 5.56 Å². The van der Waals surface area contributed by atoms with E-state index in [1.807, 2.05) is 0 Å². The fourth-order valence-corrected chi connectivity index (χ4v) is 2.21. The zero-order valence-corrected chi connectivity index (χ0v) is 9.69. The molecule has 0 unspecified atom stereocenters. The minimum absolute atomic E-state index is 0.390. The number of hydrogen-bond acceptors (Lipinski definition) is 3. The standard InChI is InChI=1S/C11H9F3N2S/c1-6-16-9(10(15)17-6)7-3-2-4-8(5-7)11(12,13)14/h2-5H,15H2,1H3. The third-order valence-electron chi connectivity index (χ3n) is 2.22. The highest BCUT2D eigenvalue weighted by molar-refractivity contribution is 7.16. The van der Waals surface area contributed by atoms with Gasteiger partial charge in [-0.15, -0.1) is 11.3 Å². The summed E-state index contributed by atoms with van der Waals surface area (Å²) >= 11 is 1.26. The van der Waals surface area contributed by atoms with Crippen LogP contribution in [0.5, 0.6) is 0 Å². The normalized spacial score (nSPS) is 11.8. The van der Waals surface area contributed by atoms with Crippen molar-refractivity contribution in [2.75, 3.05) is 5.73 Å². The lowest BCUT2D eigenvalue weighted by atomic mass is 10.1. The van der Waals surface area contributed by atoms with E-state index in [0.29, 0.717) is 16.3 Å². The first-order chi connectivity index (χ1) is 7.88. The molecule has 17 heavy (non-hydrogen) atoms. The van der Waals surface area contributed by atoms with Crippen molar-refractivity contribution in [3.05, 3.63) is 34.8 Å². The van der Waals surface area contributed by atoms with Crippen LogP contribution in [0.15, 0.2) is 24.3 Å². The SMILES string of the molecule is Cc1nc(-c2cccc(C(F)(F)F)c2)c(N)s1. The molecule has 0 aliphatic carbocycles. The fourth-order valence-electron chi connectivity index (χ4n) is 1.49. The van der Waals surface area contributed by atoms with Crippen molar-refractivity contribution in [2.45, 2.75) is 13.1 Å². The lowest BCUT2D eigenvalue weighted by molar-refractivity contribution is -0.137. The number of nitrogens with zero attached hydrogens (tertiary/aromatic N) is 1. The molecule has 90 valence electrons. The molecule has 2 aromatic rings. The molecule has 2 N–H and O–H groups in total. The minimum atomic E-state index is -4.35. The number of anilines is 1. The number of aromatic nitrogens is 1. The van der Waals surface area contributed by atoms with E-state index in [2.05, 4.69) is 4.98 Å². The highest BCUT2D eigenvalue weighted by Gasteiger charge is 2.30. The van der Waals surface area contributed by atoms with Gasteiger partial charge in [0.25, 0.3) is 0 Å². The molecule has 1 heterocycles. The summed E-state index contributed by atoms with van der Waals surface area (Å²) in [6.45, 7) is 1.76. The van der Waals surface area contributed by atoms with Crippen LogP contribution in [-0.2, 0) is 6.18 Å². The quantitative estimate of drug-likeness (QED) is 0.846. The second-order valence-electron chi connectivity index (χ2n) is 3.52. The van der Waals surface area contributed by atoms with Gasteiger partial charge in [-0.2, -0.15) is 13.2 Å². The molecule has 0 saturated carbocycles. The van der Waals surface area contributed by atoms with Crippen molar-refractivity contribution in [1.29, 1.82) is 0 Å². The molecule has 0 amide bonds. The molecule has 1 aromatic heterocycles. The first kappa shape index (κ1) is 11.9. The number of alkyl halides is 3. The molecule has 2 nitrogen and oxygen atoms in total. The van der Waals surface area contributed by atoms with Crippen LogP contribution in [0.1, 0.15) is 10.6 Å². The number of rotatable bonds is 1. The molecule has 0 saturated heterocycles. The number of benzene rings is 1. The summed E-state index contributed by atoms with van der Waals surface area (Å²) in [7, 11) is 0. The van der Waals surface area contributed by atoms with Crippen molar-refractivity contribution in [1.82, 2.24) is 4.98 Å². The molecule has 0 aliphatic heterocycles. The molecule has 0 fully saturated rings. The summed E-state index contributed by atoms with van der Waals surface area (Å²) in [5.74, 6) is 0. The van der Waals surface area contributed by atoms with E-state index in [4.69, 9.17) is 5.73 Å². The molecule has 2 rings (SSSR count). The summed E-state index contributed by atoms with van der Waals surface area (Å²) in [6.07, 6.45) is -4.35. The van der Waals surface area contributed by atoms with Gasteiger partial charge >= 0.3 is 6.18 Å². The molecule has 0 aliphatic rings. The molecule has 0 radical (unpaired) electrons. The minimum Gasteiger partial charge on any atom is -0.389 e. The monoisotopic (exact) mass is 258 g/mol. The van der Waals surface area contributed by atoms with Crippen LogP contribution >= 0.6 is 11.3 Å². The Kier molecular flexibility index (Phi) is 2.82. The Morgan fingerprint density at radius 3 is 2.53 bits per heavy atom. The van der Waals surface area contributed by atoms with E-state index in [1.54, 1.807) is 13.0 Å². The largest absolute Gasteiger partial charge is 0.416 e. The molecule has 0 spiro atoms. The van der Waals surface area contributed by atoms with Gasteiger partial charge < -0.3 is 5.73 Å².